The van der Waals surface area contributed by atoms with Crippen LogP contribution in [0, 0.1) is 70.0 Å². The van der Waals surface area contributed by atoms with E-state index in [1.54, 1.807) is 0 Å². The number of ether oxygens (including phenoxy) is 4. The monoisotopic (exact) mass is 578 g/mol. The molecule has 12 aliphatic carbocycles. The van der Waals surface area contributed by atoms with E-state index in [0.717, 1.165) is 50.4 Å². The third kappa shape index (κ3) is 3.81. The molecule has 0 N–H and O–H groups in total. The molecule has 12 saturated carbocycles. The SMILES string of the molecule is O=C(OCC1OC2(OC1COC(=O)C13CC4CC(CC(C4)C1)C3)C1CC3CC(C1)CC2C3)C12CC3CC(CC(C3)C1)C2. The number of carbonyl (C=O) groups is 2. The molecule has 1 heterocycles. The van der Waals surface area contributed by atoms with Crippen LogP contribution in [0.1, 0.15) is 109 Å². The summed E-state index contributed by atoms with van der Waals surface area (Å²) in [6.45, 7) is 0.461. The van der Waals surface area contributed by atoms with E-state index in [1.165, 1.54) is 70.6 Å². The van der Waals surface area contributed by atoms with Crippen molar-refractivity contribution in [2.24, 2.45) is 70.0 Å². The molecule has 2 unspecified atom stereocenters. The third-order valence-electron chi connectivity index (χ3n) is 15.1. The Morgan fingerprint density at radius 3 is 1.12 bits per heavy atom. The van der Waals surface area contributed by atoms with E-state index < -0.39 is 5.79 Å². The predicted octanol–water partition coefficient (Wildman–Crippen LogP) is 6.44. The molecular weight excluding hydrogens is 528 g/mol. The maximum atomic E-state index is 13.8. The Morgan fingerprint density at radius 2 is 0.786 bits per heavy atom. The summed E-state index contributed by atoms with van der Waals surface area (Å²) in [7, 11) is 0. The van der Waals surface area contributed by atoms with Crippen LogP contribution in [0.3, 0.4) is 0 Å². The first kappa shape index (κ1) is 26.1. The summed E-state index contributed by atoms with van der Waals surface area (Å²) < 4.78 is 26.5. The van der Waals surface area contributed by atoms with Crippen molar-refractivity contribution < 1.29 is 28.5 Å². The van der Waals surface area contributed by atoms with Crippen LogP contribution >= 0.6 is 0 Å². The number of carbonyl (C=O) groups excluding carboxylic acids is 2. The molecule has 13 aliphatic rings. The average Bonchev–Trinajstić information content (AvgIpc) is 3.31. The van der Waals surface area contributed by atoms with Crippen molar-refractivity contribution in [1.82, 2.24) is 0 Å². The lowest BCUT2D eigenvalue weighted by Gasteiger charge is -2.58. The Bertz CT molecular complexity index is 989. The normalized spacial score (nSPS) is 57.3. The van der Waals surface area contributed by atoms with Gasteiger partial charge in [-0.15, -0.1) is 0 Å². The Kier molecular flexibility index (Phi) is 5.58. The van der Waals surface area contributed by atoms with E-state index in [4.69, 9.17) is 18.9 Å². The van der Waals surface area contributed by atoms with Gasteiger partial charge in [0.05, 0.1) is 10.8 Å². The van der Waals surface area contributed by atoms with Crippen molar-refractivity contribution in [3.05, 3.63) is 0 Å². The van der Waals surface area contributed by atoms with Gasteiger partial charge in [0.1, 0.15) is 25.4 Å². The molecule has 1 aliphatic heterocycles. The lowest BCUT2D eigenvalue weighted by Crippen LogP contribution is -2.58. The molecular formula is C36H50O6. The van der Waals surface area contributed by atoms with E-state index in [2.05, 4.69) is 0 Å². The fourth-order valence-electron chi connectivity index (χ4n) is 14.5. The van der Waals surface area contributed by atoms with Gasteiger partial charge in [0, 0.05) is 11.8 Å². The highest BCUT2D eigenvalue weighted by Gasteiger charge is 2.65. The second-order valence-corrected chi connectivity index (χ2v) is 17.9. The van der Waals surface area contributed by atoms with Gasteiger partial charge in [-0.1, -0.05) is 0 Å². The summed E-state index contributed by atoms with van der Waals surface area (Å²) in [4.78, 5) is 27.6. The smallest absolute Gasteiger partial charge is 0.312 e. The molecule has 0 radical (unpaired) electrons. The van der Waals surface area contributed by atoms with Crippen LogP contribution in [0.2, 0.25) is 0 Å². The fraction of sp³-hybridized carbons (Fsp3) is 0.944. The maximum Gasteiger partial charge on any atom is 0.312 e. The maximum absolute atomic E-state index is 13.8. The molecule has 42 heavy (non-hydrogen) atoms. The van der Waals surface area contributed by atoms with Gasteiger partial charge in [0.15, 0.2) is 5.79 Å². The van der Waals surface area contributed by atoms with Gasteiger partial charge in [0.2, 0.25) is 0 Å². The summed E-state index contributed by atoms with van der Waals surface area (Å²) in [5, 5.41) is 0. The summed E-state index contributed by atoms with van der Waals surface area (Å²) in [6, 6.07) is 0. The first-order chi connectivity index (χ1) is 20.4. The minimum absolute atomic E-state index is 0.0144. The molecule has 0 aromatic rings. The number of rotatable bonds is 6. The van der Waals surface area contributed by atoms with E-state index in [1.807, 2.05) is 0 Å². The highest BCUT2D eigenvalue weighted by molar-refractivity contribution is 5.78. The van der Waals surface area contributed by atoms with E-state index >= 15 is 0 Å². The molecule has 1 spiro atoms. The van der Waals surface area contributed by atoms with Gasteiger partial charge >= 0.3 is 11.9 Å². The zero-order chi connectivity index (χ0) is 27.8. The minimum Gasteiger partial charge on any atom is -0.462 e. The first-order valence-corrected chi connectivity index (χ1v) is 18.1. The minimum atomic E-state index is -0.580. The number of hydrogen-bond donors (Lipinski definition) is 0. The Balaban J connectivity index is 0.869. The van der Waals surface area contributed by atoms with E-state index in [0.29, 0.717) is 47.3 Å². The van der Waals surface area contributed by atoms with E-state index in [-0.39, 0.29) is 48.2 Å². The van der Waals surface area contributed by atoms with Crippen LogP contribution in [-0.2, 0) is 28.5 Å². The molecule has 0 aromatic heterocycles. The molecule has 0 amide bonds. The van der Waals surface area contributed by atoms with Gasteiger partial charge in [0.25, 0.3) is 0 Å². The topological polar surface area (TPSA) is 71.1 Å². The number of hydrogen-bond acceptors (Lipinski definition) is 6. The van der Waals surface area contributed by atoms with Crippen LogP contribution in [0.15, 0.2) is 0 Å². The molecule has 13 fully saturated rings. The average molecular weight is 579 g/mol. The van der Waals surface area contributed by atoms with Gasteiger partial charge in [-0.3, -0.25) is 9.59 Å². The molecule has 13 rings (SSSR count). The lowest BCUT2D eigenvalue weighted by atomic mass is 9.49. The highest BCUT2D eigenvalue weighted by atomic mass is 16.8. The second kappa shape index (κ2) is 8.98. The Morgan fingerprint density at radius 1 is 0.476 bits per heavy atom. The van der Waals surface area contributed by atoms with Crippen molar-refractivity contribution in [3.63, 3.8) is 0 Å². The standard InChI is InChI=1S/C36H50O6/c37-32(34-12-22-2-23(13-34)4-24(3-22)14-34)39-18-30-31(42-36(41-30)28-8-20-1-21(10-28)11-29(36)9-20)19-40-33(38)35-15-25-5-26(16-35)7-27(6-25)17-35/h20-31H,1-19H2. The molecule has 6 nitrogen and oxygen atoms in total. The van der Waals surface area contributed by atoms with E-state index in [9.17, 15) is 9.59 Å². The third-order valence-corrected chi connectivity index (χ3v) is 15.1. The van der Waals surface area contributed by atoms with Crippen LogP contribution in [0.4, 0.5) is 0 Å². The van der Waals surface area contributed by atoms with Crippen LogP contribution < -0.4 is 0 Å². The van der Waals surface area contributed by atoms with Gasteiger partial charge in [-0.2, -0.15) is 0 Å². The predicted molar refractivity (Wildman–Crippen MR) is 153 cm³/mol. The van der Waals surface area contributed by atoms with Crippen LogP contribution in [0.25, 0.3) is 0 Å². The second-order valence-electron chi connectivity index (χ2n) is 17.9. The molecule has 1 saturated heterocycles. The number of esters is 2. The Labute approximate surface area is 250 Å². The summed E-state index contributed by atoms with van der Waals surface area (Å²) in [6.07, 6.45) is 19.4. The highest BCUT2D eigenvalue weighted by Crippen LogP contribution is 2.64. The molecule has 12 bridgehead atoms. The fourth-order valence-corrected chi connectivity index (χ4v) is 14.5. The summed E-state index contributed by atoms with van der Waals surface area (Å²) in [5.74, 6) is 6.17. The molecule has 0 aromatic carbocycles. The molecule has 2 atom stereocenters. The first-order valence-electron chi connectivity index (χ1n) is 18.1. The summed E-state index contributed by atoms with van der Waals surface area (Å²) in [5.41, 5.74) is -0.538. The van der Waals surface area contributed by atoms with Crippen molar-refractivity contribution in [3.8, 4) is 0 Å². The summed E-state index contributed by atoms with van der Waals surface area (Å²) >= 11 is 0. The largest absolute Gasteiger partial charge is 0.462 e. The van der Waals surface area contributed by atoms with Crippen LogP contribution in [-0.4, -0.2) is 43.1 Å². The van der Waals surface area contributed by atoms with Gasteiger partial charge < -0.3 is 18.9 Å². The Hall–Kier alpha value is -1.14. The molecule has 230 valence electrons. The van der Waals surface area contributed by atoms with Crippen molar-refractivity contribution in [1.29, 1.82) is 0 Å². The van der Waals surface area contributed by atoms with Crippen molar-refractivity contribution in [2.75, 3.05) is 13.2 Å². The van der Waals surface area contributed by atoms with Crippen molar-refractivity contribution in [2.45, 2.75) is 127 Å². The van der Waals surface area contributed by atoms with Gasteiger partial charge in [-0.05, 0) is 156 Å². The quantitative estimate of drug-likeness (QED) is 0.338. The zero-order valence-electron chi connectivity index (χ0n) is 25.3. The zero-order valence-corrected chi connectivity index (χ0v) is 25.3. The lowest BCUT2D eigenvalue weighted by molar-refractivity contribution is -0.301. The van der Waals surface area contributed by atoms with Crippen molar-refractivity contribution >= 4 is 11.9 Å². The van der Waals surface area contributed by atoms with Gasteiger partial charge in [-0.25, -0.2) is 0 Å². The van der Waals surface area contributed by atoms with Crippen LogP contribution in [0.5, 0.6) is 0 Å². The molecule has 6 heteroatoms.